The van der Waals surface area contributed by atoms with Gasteiger partial charge >= 0.3 is 0 Å². The number of guanidine groups is 1. The maximum atomic E-state index is 11.7. The molecule has 0 bridgehead atoms. The van der Waals surface area contributed by atoms with Crippen molar-refractivity contribution in [2.45, 2.75) is 19.3 Å². The number of aliphatic imine (C=N–C) groups is 1. The van der Waals surface area contributed by atoms with Crippen LogP contribution in [0.4, 0.5) is 0 Å². The molecule has 0 aromatic rings. The summed E-state index contributed by atoms with van der Waals surface area (Å²) in [6.45, 7) is 6.14. The predicted octanol–water partition coefficient (Wildman–Crippen LogP) is 0.0677. The van der Waals surface area contributed by atoms with Crippen LogP contribution in [-0.4, -0.2) is 87.0 Å². The predicted molar refractivity (Wildman–Crippen MR) is 85.4 cm³/mol. The van der Waals surface area contributed by atoms with E-state index in [0.29, 0.717) is 6.54 Å². The summed E-state index contributed by atoms with van der Waals surface area (Å²) in [6, 6.07) is 0. The van der Waals surface area contributed by atoms with Crippen molar-refractivity contribution < 1.29 is 4.79 Å². The molecule has 2 rings (SSSR count). The van der Waals surface area contributed by atoms with Crippen molar-refractivity contribution >= 4 is 11.9 Å². The van der Waals surface area contributed by atoms with Crippen LogP contribution in [0.1, 0.15) is 19.3 Å². The fourth-order valence-corrected chi connectivity index (χ4v) is 3.15. The number of nitrogens with one attached hydrogen (secondary N) is 1. The second-order valence-corrected chi connectivity index (χ2v) is 6.30. The van der Waals surface area contributed by atoms with E-state index in [1.165, 1.54) is 38.9 Å². The van der Waals surface area contributed by atoms with E-state index in [-0.39, 0.29) is 5.91 Å². The molecule has 120 valence electrons. The lowest BCUT2D eigenvalue weighted by molar-refractivity contribution is -0.127. The minimum Gasteiger partial charge on any atom is -0.347 e. The molecule has 0 radical (unpaired) electrons. The average Bonchev–Trinajstić information content (AvgIpc) is 3.12. The van der Waals surface area contributed by atoms with Crippen LogP contribution in [-0.2, 0) is 4.79 Å². The lowest BCUT2D eigenvalue weighted by atomic mass is 10.1. The number of hydrogen-bond acceptors (Lipinski definition) is 3. The van der Waals surface area contributed by atoms with Crippen molar-refractivity contribution in [1.29, 1.82) is 0 Å². The Morgan fingerprint density at radius 1 is 1.29 bits per heavy atom. The van der Waals surface area contributed by atoms with Gasteiger partial charge in [-0.1, -0.05) is 0 Å². The van der Waals surface area contributed by atoms with Crippen molar-refractivity contribution in [3.8, 4) is 0 Å². The van der Waals surface area contributed by atoms with Gasteiger partial charge in [0.2, 0.25) is 5.91 Å². The van der Waals surface area contributed by atoms with Crippen molar-refractivity contribution in [3.05, 3.63) is 0 Å². The molecule has 6 heteroatoms. The summed E-state index contributed by atoms with van der Waals surface area (Å²) in [6.07, 6.45) is 3.93. The number of likely N-dealkylation sites (N-methyl/N-ethyl adjacent to an activating group) is 1. The Bertz CT molecular complexity index is 376. The van der Waals surface area contributed by atoms with Gasteiger partial charge in [-0.15, -0.1) is 0 Å². The Balaban J connectivity index is 1.76. The fraction of sp³-hybridized carbons (Fsp3) is 0.867. The summed E-state index contributed by atoms with van der Waals surface area (Å²) in [5.74, 6) is 1.66. The molecule has 1 amide bonds. The van der Waals surface area contributed by atoms with E-state index >= 15 is 0 Å². The normalized spacial score (nSPS) is 23.7. The number of hydrogen-bond donors (Lipinski definition) is 1. The molecule has 2 aliphatic heterocycles. The van der Waals surface area contributed by atoms with Gasteiger partial charge in [0.15, 0.2) is 5.96 Å². The highest BCUT2D eigenvalue weighted by molar-refractivity contribution is 5.86. The maximum Gasteiger partial charge on any atom is 0.241 e. The summed E-state index contributed by atoms with van der Waals surface area (Å²) in [5.41, 5.74) is 0. The van der Waals surface area contributed by atoms with Gasteiger partial charge in [-0.05, 0) is 38.3 Å². The average molecular weight is 295 g/mol. The quantitative estimate of drug-likeness (QED) is 0.589. The van der Waals surface area contributed by atoms with Gasteiger partial charge in [-0.25, -0.2) is 0 Å². The molecule has 0 spiro atoms. The Kier molecular flexibility index (Phi) is 5.85. The molecule has 2 aliphatic rings. The summed E-state index contributed by atoms with van der Waals surface area (Å²) >= 11 is 0. The second-order valence-electron chi connectivity index (χ2n) is 6.30. The van der Waals surface area contributed by atoms with Crippen LogP contribution < -0.4 is 5.32 Å². The topological polar surface area (TPSA) is 51.2 Å². The Hall–Kier alpha value is -1.30. The molecule has 2 heterocycles. The minimum absolute atomic E-state index is 0.0731. The molecular weight excluding hydrogens is 266 g/mol. The van der Waals surface area contributed by atoms with Gasteiger partial charge in [0.05, 0.1) is 6.54 Å². The van der Waals surface area contributed by atoms with Crippen LogP contribution in [0.2, 0.25) is 0 Å². The third-order valence-electron chi connectivity index (χ3n) is 4.41. The zero-order valence-corrected chi connectivity index (χ0v) is 13.6. The van der Waals surface area contributed by atoms with Crippen molar-refractivity contribution in [2.75, 3.05) is 60.4 Å². The number of carbonyl (C=O) groups is 1. The van der Waals surface area contributed by atoms with E-state index in [1.807, 2.05) is 0 Å². The zero-order valence-electron chi connectivity index (χ0n) is 13.6. The molecule has 6 nitrogen and oxygen atoms in total. The zero-order chi connectivity index (χ0) is 15.2. The third kappa shape index (κ3) is 4.59. The molecule has 1 atom stereocenters. The van der Waals surface area contributed by atoms with Crippen LogP contribution in [0, 0.1) is 5.92 Å². The number of amides is 1. The fourth-order valence-electron chi connectivity index (χ4n) is 3.15. The summed E-state index contributed by atoms with van der Waals surface area (Å²) in [5, 5.41) is 3.18. The van der Waals surface area contributed by atoms with E-state index in [1.54, 1.807) is 26.0 Å². The van der Waals surface area contributed by atoms with Crippen LogP contribution >= 0.6 is 0 Å². The van der Waals surface area contributed by atoms with E-state index < -0.39 is 0 Å². The SMILES string of the molecule is CN=C(NCC(=O)N(C)C)N1CCC(CN2CCCC2)C1. The van der Waals surface area contributed by atoms with E-state index in [4.69, 9.17) is 0 Å². The van der Waals surface area contributed by atoms with Gasteiger partial charge in [0.25, 0.3) is 0 Å². The summed E-state index contributed by atoms with van der Waals surface area (Å²) < 4.78 is 0. The summed E-state index contributed by atoms with van der Waals surface area (Å²) in [7, 11) is 5.33. The van der Waals surface area contributed by atoms with Crippen LogP contribution in [0.15, 0.2) is 4.99 Å². The first kappa shape index (κ1) is 16.1. The van der Waals surface area contributed by atoms with E-state index in [2.05, 4.69) is 20.1 Å². The smallest absolute Gasteiger partial charge is 0.241 e. The molecule has 0 aromatic heterocycles. The van der Waals surface area contributed by atoms with Gasteiger partial charge in [-0.3, -0.25) is 9.79 Å². The Morgan fingerprint density at radius 3 is 2.62 bits per heavy atom. The van der Waals surface area contributed by atoms with Crippen molar-refractivity contribution in [2.24, 2.45) is 10.9 Å². The molecule has 21 heavy (non-hydrogen) atoms. The first-order valence-corrected chi connectivity index (χ1v) is 7.98. The highest BCUT2D eigenvalue weighted by Crippen LogP contribution is 2.19. The van der Waals surface area contributed by atoms with Crippen molar-refractivity contribution in [3.63, 3.8) is 0 Å². The number of rotatable bonds is 4. The largest absolute Gasteiger partial charge is 0.347 e. The lowest BCUT2D eigenvalue weighted by Gasteiger charge is -2.23. The monoisotopic (exact) mass is 295 g/mol. The van der Waals surface area contributed by atoms with E-state index in [9.17, 15) is 4.79 Å². The van der Waals surface area contributed by atoms with E-state index in [0.717, 1.165) is 25.0 Å². The first-order valence-electron chi connectivity index (χ1n) is 7.98. The lowest BCUT2D eigenvalue weighted by Crippen LogP contribution is -2.44. The van der Waals surface area contributed by atoms with Crippen LogP contribution in [0.3, 0.4) is 0 Å². The Morgan fingerprint density at radius 2 is 2.00 bits per heavy atom. The molecule has 0 aromatic carbocycles. The number of nitrogens with zero attached hydrogens (tertiary/aromatic N) is 4. The minimum atomic E-state index is 0.0731. The molecule has 1 unspecified atom stereocenters. The molecule has 0 aliphatic carbocycles. The van der Waals surface area contributed by atoms with Gasteiger partial charge in [0.1, 0.15) is 0 Å². The highest BCUT2D eigenvalue weighted by atomic mass is 16.2. The molecular formula is C15H29N5O. The van der Waals surface area contributed by atoms with Crippen LogP contribution in [0.5, 0.6) is 0 Å². The van der Waals surface area contributed by atoms with Gasteiger partial charge in [-0.2, -0.15) is 0 Å². The maximum absolute atomic E-state index is 11.7. The first-order chi connectivity index (χ1) is 10.1. The molecule has 0 saturated carbocycles. The van der Waals surface area contributed by atoms with Gasteiger partial charge in [0, 0.05) is 40.8 Å². The standard InChI is InChI=1S/C15H29N5O/c1-16-15(17-10-14(21)18(2)3)20-9-6-13(12-20)11-19-7-4-5-8-19/h13H,4-12H2,1-3H3,(H,16,17). The number of likely N-dealkylation sites (tertiary alicyclic amines) is 2. The molecule has 1 N–H and O–H groups in total. The van der Waals surface area contributed by atoms with Crippen LogP contribution in [0.25, 0.3) is 0 Å². The number of carbonyl (C=O) groups excluding carboxylic acids is 1. The third-order valence-corrected chi connectivity index (χ3v) is 4.41. The second kappa shape index (κ2) is 7.64. The van der Waals surface area contributed by atoms with Gasteiger partial charge < -0.3 is 20.0 Å². The molecule has 2 fully saturated rings. The Labute approximate surface area is 128 Å². The van der Waals surface area contributed by atoms with Crippen molar-refractivity contribution in [1.82, 2.24) is 20.0 Å². The summed E-state index contributed by atoms with van der Waals surface area (Å²) in [4.78, 5) is 22.4. The highest BCUT2D eigenvalue weighted by Gasteiger charge is 2.27. The molecule has 2 saturated heterocycles.